The van der Waals surface area contributed by atoms with Crippen LogP contribution in [0.1, 0.15) is 106 Å². The number of allylic oxidation sites excluding steroid dienone is 3. The third-order valence-electron chi connectivity index (χ3n) is 14.7. The van der Waals surface area contributed by atoms with E-state index in [1.54, 1.807) is 82.0 Å². The number of rotatable bonds is 14. The first-order chi connectivity index (χ1) is 35.7. The number of aromatic nitrogens is 1. The smallest absolute Gasteiger partial charge is 0.338 e. The maximum atomic E-state index is 13.5. The lowest BCUT2D eigenvalue weighted by molar-refractivity contribution is -0.176. The molecule has 1 saturated heterocycles. The Labute approximate surface area is 433 Å². The number of nitrogens with one attached hydrogen (secondary N) is 1. The van der Waals surface area contributed by atoms with Crippen LogP contribution in [0.3, 0.4) is 0 Å². The normalized spacial score (nSPS) is 21.0. The van der Waals surface area contributed by atoms with Crippen LogP contribution < -0.4 is 23.7 Å². The number of Topliss-reactive ketones (excluding diaryl/α,β-unsaturated/α-hetero) is 2. The third kappa shape index (κ3) is 11.7. The number of aliphatic hydroxyl groups excluding tert-OH is 1. The summed E-state index contributed by atoms with van der Waals surface area (Å²) in [4.78, 5) is 57.8. The summed E-state index contributed by atoms with van der Waals surface area (Å²) in [6.45, 7) is 8.11. The lowest BCUT2D eigenvalue weighted by Gasteiger charge is -2.52. The van der Waals surface area contributed by atoms with Gasteiger partial charge in [0.15, 0.2) is 23.1 Å². The summed E-state index contributed by atoms with van der Waals surface area (Å²) in [6.07, 6.45) is 7.15. The number of hydrogen-bond acceptors (Lipinski definition) is 14. The van der Waals surface area contributed by atoms with E-state index in [0.717, 1.165) is 50.0 Å². The Kier molecular flexibility index (Phi) is 18.4. The molecule has 2 aliphatic heterocycles. The Bertz CT molecular complexity index is 2800. The molecule has 2 N–H and O–H groups in total. The molecule has 6 atom stereocenters. The number of fused-ring (bicyclic) bond motifs is 7. The molecule has 0 radical (unpaired) electrons. The topological polar surface area (TPSA) is 181 Å². The molecule has 15 nitrogen and oxygen atoms in total. The van der Waals surface area contributed by atoms with Crippen molar-refractivity contribution >= 4 is 34.4 Å². The Balaban J connectivity index is 0.000000217. The number of carbonyl (C=O) groups is 4. The average Bonchev–Trinajstić information content (AvgIpc) is 3.92. The summed E-state index contributed by atoms with van der Waals surface area (Å²) in [7, 11) is 10.7. The predicted octanol–water partition coefficient (Wildman–Crippen LogP) is 9.70. The van der Waals surface area contributed by atoms with Gasteiger partial charge in [-0.2, -0.15) is 0 Å². The molecule has 5 aromatic rings. The second kappa shape index (κ2) is 24.9. The summed E-state index contributed by atoms with van der Waals surface area (Å²) < 4.78 is 44.2. The molecule has 0 amide bonds. The number of aromatic amines is 1. The number of carbonyl (C=O) groups excluding carboxylic acids is 4. The zero-order valence-corrected chi connectivity index (χ0v) is 44.2. The molecule has 2 fully saturated rings. The van der Waals surface area contributed by atoms with Crippen molar-refractivity contribution in [3.63, 3.8) is 0 Å². The minimum atomic E-state index is -0.705. The van der Waals surface area contributed by atoms with Gasteiger partial charge in [-0.15, -0.1) is 0 Å². The Hall–Kier alpha value is -6.94. The van der Waals surface area contributed by atoms with Crippen molar-refractivity contribution in [2.75, 3.05) is 69.5 Å². The van der Waals surface area contributed by atoms with Crippen LogP contribution in [0.4, 0.5) is 0 Å². The lowest BCUT2D eigenvalue weighted by atomic mass is 9.63. The van der Waals surface area contributed by atoms with E-state index in [2.05, 4.69) is 42.8 Å². The second-order valence-electron chi connectivity index (χ2n) is 19.2. The maximum absolute atomic E-state index is 13.5. The third-order valence-corrected chi connectivity index (χ3v) is 14.7. The number of ether oxygens (including phenoxy) is 8. The van der Waals surface area contributed by atoms with Gasteiger partial charge in [-0.25, -0.2) is 4.79 Å². The van der Waals surface area contributed by atoms with Crippen LogP contribution in [-0.2, 0) is 25.4 Å². The largest absolute Gasteiger partial charge is 0.497 e. The van der Waals surface area contributed by atoms with E-state index in [4.69, 9.17) is 43.0 Å². The second-order valence-corrected chi connectivity index (χ2v) is 19.2. The quantitative estimate of drug-likeness (QED) is 0.0609. The summed E-state index contributed by atoms with van der Waals surface area (Å²) in [5.41, 5.74) is 8.22. The predicted molar refractivity (Wildman–Crippen MR) is 281 cm³/mol. The van der Waals surface area contributed by atoms with Gasteiger partial charge in [0.1, 0.15) is 29.6 Å². The molecular weight excluding hydrogens is 945 g/mol. The fraction of sp³-hybridized carbons (Fsp3) is 0.424. The van der Waals surface area contributed by atoms with Crippen molar-refractivity contribution in [3.05, 3.63) is 136 Å². The number of aliphatic hydroxyl groups is 1. The molecule has 9 rings (SSSR count). The van der Waals surface area contributed by atoms with E-state index < -0.39 is 30.0 Å². The number of H-pyrrole nitrogens is 1. The number of nitrogens with zero attached hydrogens (tertiary/aromatic N) is 1. The van der Waals surface area contributed by atoms with Gasteiger partial charge in [0.05, 0.1) is 66.8 Å². The highest BCUT2D eigenvalue weighted by molar-refractivity contribution is 6.29. The zero-order valence-electron chi connectivity index (χ0n) is 44.2. The van der Waals surface area contributed by atoms with Gasteiger partial charge in [0.2, 0.25) is 5.75 Å². The first kappa shape index (κ1) is 54.8. The minimum absolute atomic E-state index is 0.0170. The molecule has 15 heteroatoms. The number of methoxy groups -OCH3 is 7. The Morgan fingerprint density at radius 1 is 0.770 bits per heavy atom. The van der Waals surface area contributed by atoms with Crippen LogP contribution in [-0.4, -0.2) is 120 Å². The van der Waals surface area contributed by atoms with Gasteiger partial charge in [-0.05, 0) is 112 Å². The number of ketones is 2. The standard InChI is InChI=1S/C33H40N2O9.C16H12O3.C10H18O/c1-38-19-7-8-20-21-9-10-35-16-18-13-27(44-32(36)17-11-25(39-2)30(41-4)26(12-17)40-3)31(42-5)28(33(37)43-6)22(18)15-24(35)29(21)34-23(20)14-19;1-19-11-8-6-10(7-9-11)14-15(17)12-4-2-3-5-13(12)16(14)18;1-9(2)5-4-6-10(3)7-8-11/h7-8,11-12,14,18,22,24,27-28,31,34H,9-10,13,15-16H2,1-6H3;2-9,14H,1H3;5,7,11H,4,6,8H2,1-3H3/b;;10-7+/t18-,22+,24-,27-,28+,31+;;/m1../s1. The lowest BCUT2D eigenvalue weighted by Crippen LogP contribution is -2.58. The van der Waals surface area contributed by atoms with Crippen molar-refractivity contribution in [2.24, 2.45) is 17.8 Å². The van der Waals surface area contributed by atoms with Crippen molar-refractivity contribution < 1.29 is 62.2 Å². The molecular formula is C59H70N2O13. The van der Waals surface area contributed by atoms with Crippen molar-refractivity contribution in [1.29, 1.82) is 0 Å². The zero-order chi connectivity index (χ0) is 53.2. The highest BCUT2D eigenvalue weighted by Gasteiger charge is 2.54. The van der Waals surface area contributed by atoms with Crippen LogP contribution in [0.25, 0.3) is 10.9 Å². The van der Waals surface area contributed by atoms with E-state index in [0.29, 0.717) is 46.1 Å². The minimum Gasteiger partial charge on any atom is -0.497 e. The highest BCUT2D eigenvalue weighted by Crippen LogP contribution is 2.51. The summed E-state index contributed by atoms with van der Waals surface area (Å²) in [5.74, 6) is 0.204. The average molecular weight is 1020 g/mol. The van der Waals surface area contributed by atoms with Crippen LogP contribution in [0.15, 0.2) is 102 Å². The number of hydrogen-bond donors (Lipinski definition) is 2. The number of benzene rings is 4. The molecule has 1 saturated carbocycles. The van der Waals surface area contributed by atoms with Crippen molar-refractivity contribution in [1.82, 2.24) is 9.88 Å². The highest BCUT2D eigenvalue weighted by atomic mass is 16.6. The van der Waals surface area contributed by atoms with E-state index in [1.165, 1.54) is 56.2 Å². The molecule has 4 aliphatic rings. The van der Waals surface area contributed by atoms with Gasteiger partial charge in [-0.3, -0.25) is 19.3 Å². The van der Waals surface area contributed by atoms with E-state index in [-0.39, 0.29) is 47.6 Å². The fourth-order valence-corrected chi connectivity index (χ4v) is 11.1. The fourth-order valence-electron chi connectivity index (χ4n) is 11.1. The maximum Gasteiger partial charge on any atom is 0.338 e. The molecule has 0 unspecified atom stereocenters. The Morgan fingerprint density at radius 2 is 1.42 bits per heavy atom. The molecule has 4 aromatic carbocycles. The van der Waals surface area contributed by atoms with E-state index in [9.17, 15) is 19.2 Å². The van der Waals surface area contributed by atoms with E-state index in [1.807, 2.05) is 18.2 Å². The number of esters is 2. The van der Waals surface area contributed by atoms with Gasteiger partial charge in [-0.1, -0.05) is 59.7 Å². The van der Waals surface area contributed by atoms with Crippen molar-refractivity contribution in [3.8, 4) is 28.7 Å². The summed E-state index contributed by atoms with van der Waals surface area (Å²) in [5, 5.41) is 9.77. The molecule has 0 bridgehead atoms. The molecule has 74 heavy (non-hydrogen) atoms. The molecule has 3 heterocycles. The van der Waals surface area contributed by atoms with Gasteiger partial charge in [0, 0.05) is 54.0 Å². The molecule has 2 aliphatic carbocycles. The molecule has 0 spiro atoms. The van der Waals surface area contributed by atoms with Crippen LogP contribution in [0, 0.1) is 17.8 Å². The van der Waals surface area contributed by atoms with Crippen LogP contribution >= 0.6 is 0 Å². The first-order valence-electron chi connectivity index (χ1n) is 25.0. The summed E-state index contributed by atoms with van der Waals surface area (Å²) >= 11 is 0. The SMILES string of the molecule is CC(C)=CCC/C(C)=C/CO.COC(=O)[C@H]1[C@H]2C[C@@H]3c4[nH]c5cc(OC)ccc5c4CCN3C[C@H]2C[C@@H](OC(=O)c2cc(OC)c(OC)c(OC)c2)[C@@H]1OC.COc1ccc(C2C(=O)c3ccccc3C2=O)cc1. The van der Waals surface area contributed by atoms with Gasteiger partial charge in [0.25, 0.3) is 0 Å². The van der Waals surface area contributed by atoms with E-state index >= 15 is 0 Å². The van der Waals surface area contributed by atoms with Crippen LogP contribution in [0.5, 0.6) is 28.7 Å². The Morgan fingerprint density at radius 3 is 1.99 bits per heavy atom. The molecule has 1 aromatic heterocycles. The van der Waals surface area contributed by atoms with Crippen LogP contribution in [0.2, 0.25) is 0 Å². The molecule has 394 valence electrons. The summed E-state index contributed by atoms with van der Waals surface area (Å²) in [6, 6.07) is 23.4. The first-order valence-corrected chi connectivity index (χ1v) is 25.0. The monoisotopic (exact) mass is 1010 g/mol. The van der Waals surface area contributed by atoms with Crippen molar-refractivity contribution in [2.45, 2.75) is 77.0 Å². The number of piperidine rings is 1. The van der Waals surface area contributed by atoms with Gasteiger partial charge >= 0.3 is 11.9 Å². The van der Waals surface area contributed by atoms with Gasteiger partial charge < -0.3 is 48.0 Å².